The van der Waals surface area contributed by atoms with Crippen LogP contribution in [-0.2, 0) is 6.54 Å². The highest BCUT2D eigenvalue weighted by Crippen LogP contribution is 2.13. The van der Waals surface area contributed by atoms with Crippen molar-refractivity contribution in [3.05, 3.63) is 17.3 Å². The van der Waals surface area contributed by atoms with Crippen LogP contribution >= 0.6 is 0 Å². The lowest BCUT2D eigenvalue weighted by Crippen LogP contribution is -2.32. The van der Waals surface area contributed by atoms with Gasteiger partial charge in [-0.05, 0) is 33.9 Å². The van der Waals surface area contributed by atoms with Gasteiger partial charge in [-0.2, -0.15) is 0 Å². The standard InChI is InChI=1S/C11H19N3O/c1-8-9(2)15-11(13-8)7-14(3)10-4-5-12-6-10/h10,12H,4-7H2,1-3H3. The molecule has 1 fully saturated rings. The van der Waals surface area contributed by atoms with Gasteiger partial charge in [-0.3, -0.25) is 4.90 Å². The van der Waals surface area contributed by atoms with Crippen LogP contribution in [0.25, 0.3) is 0 Å². The average Bonchev–Trinajstić information content (AvgIpc) is 2.77. The van der Waals surface area contributed by atoms with Gasteiger partial charge in [0.25, 0.3) is 0 Å². The molecule has 4 nitrogen and oxygen atoms in total. The minimum atomic E-state index is 0.623. The lowest BCUT2D eigenvalue weighted by molar-refractivity contribution is 0.223. The number of nitrogens with zero attached hydrogens (tertiary/aromatic N) is 2. The molecule has 1 aliphatic heterocycles. The molecule has 2 rings (SSSR count). The highest BCUT2D eigenvalue weighted by molar-refractivity contribution is 5.05. The van der Waals surface area contributed by atoms with Crippen molar-refractivity contribution in [2.24, 2.45) is 0 Å². The lowest BCUT2D eigenvalue weighted by Gasteiger charge is -2.21. The Morgan fingerprint density at radius 2 is 2.33 bits per heavy atom. The highest BCUT2D eigenvalue weighted by atomic mass is 16.4. The fraction of sp³-hybridized carbons (Fsp3) is 0.727. The quantitative estimate of drug-likeness (QED) is 0.809. The SMILES string of the molecule is Cc1nc(CN(C)C2CCNC2)oc1C. The number of oxazole rings is 1. The minimum Gasteiger partial charge on any atom is -0.444 e. The number of aromatic nitrogens is 1. The van der Waals surface area contributed by atoms with E-state index in [2.05, 4.69) is 22.2 Å². The zero-order valence-electron chi connectivity index (χ0n) is 9.71. The van der Waals surface area contributed by atoms with E-state index in [-0.39, 0.29) is 0 Å². The molecule has 0 aromatic carbocycles. The van der Waals surface area contributed by atoms with Gasteiger partial charge in [0.2, 0.25) is 5.89 Å². The average molecular weight is 209 g/mol. The van der Waals surface area contributed by atoms with Crippen molar-refractivity contribution in [2.75, 3.05) is 20.1 Å². The molecule has 4 heteroatoms. The van der Waals surface area contributed by atoms with Gasteiger partial charge in [0.05, 0.1) is 12.2 Å². The molecule has 1 saturated heterocycles. The van der Waals surface area contributed by atoms with Crippen LogP contribution in [0.5, 0.6) is 0 Å². The number of hydrogen-bond donors (Lipinski definition) is 1. The summed E-state index contributed by atoms with van der Waals surface area (Å²) in [6, 6.07) is 0.623. The van der Waals surface area contributed by atoms with Crippen LogP contribution in [0.3, 0.4) is 0 Å². The number of aryl methyl sites for hydroxylation is 2. The summed E-state index contributed by atoms with van der Waals surface area (Å²) < 4.78 is 5.57. The number of nitrogens with one attached hydrogen (secondary N) is 1. The van der Waals surface area contributed by atoms with E-state index in [1.165, 1.54) is 6.42 Å². The molecule has 0 saturated carbocycles. The summed E-state index contributed by atoms with van der Waals surface area (Å²) in [6.07, 6.45) is 1.22. The van der Waals surface area contributed by atoms with Crippen molar-refractivity contribution < 1.29 is 4.42 Å². The molecule has 0 spiro atoms. The normalized spacial score (nSPS) is 21.5. The van der Waals surface area contributed by atoms with E-state index >= 15 is 0 Å². The molecule has 1 atom stereocenters. The van der Waals surface area contributed by atoms with Crippen LogP contribution in [0.4, 0.5) is 0 Å². The smallest absolute Gasteiger partial charge is 0.208 e. The maximum atomic E-state index is 5.57. The molecule has 0 bridgehead atoms. The van der Waals surface area contributed by atoms with E-state index in [4.69, 9.17) is 4.42 Å². The van der Waals surface area contributed by atoms with E-state index in [0.717, 1.165) is 37.0 Å². The second-order valence-corrected chi connectivity index (χ2v) is 4.31. The second-order valence-electron chi connectivity index (χ2n) is 4.31. The fourth-order valence-corrected chi connectivity index (χ4v) is 1.96. The van der Waals surface area contributed by atoms with Gasteiger partial charge >= 0.3 is 0 Å². The molecule has 0 amide bonds. The number of hydrogen-bond acceptors (Lipinski definition) is 4. The Kier molecular flexibility index (Phi) is 3.07. The summed E-state index contributed by atoms with van der Waals surface area (Å²) in [5.41, 5.74) is 1.00. The third-order valence-corrected chi connectivity index (χ3v) is 3.12. The van der Waals surface area contributed by atoms with Gasteiger partial charge < -0.3 is 9.73 Å². The van der Waals surface area contributed by atoms with Gasteiger partial charge in [0.15, 0.2) is 0 Å². The second kappa shape index (κ2) is 4.33. The lowest BCUT2D eigenvalue weighted by atomic mass is 10.2. The highest BCUT2D eigenvalue weighted by Gasteiger charge is 2.20. The van der Waals surface area contributed by atoms with Crippen molar-refractivity contribution in [1.29, 1.82) is 0 Å². The van der Waals surface area contributed by atoms with Crippen LogP contribution in [0.2, 0.25) is 0 Å². The Morgan fingerprint density at radius 1 is 1.53 bits per heavy atom. The molecule has 1 aliphatic rings. The van der Waals surface area contributed by atoms with Crippen LogP contribution in [0, 0.1) is 13.8 Å². The summed E-state index contributed by atoms with van der Waals surface area (Å²) in [5.74, 6) is 1.77. The first-order valence-electron chi connectivity index (χ1n) is 5.50. The maximum Gasteiger partial charge on any atom is 0.208 e. The topological polar surface area (TPSA) is 41.3 Å². The summed E-state index contributed by atoms with van der Waals surface area (Å²) in [4.78, 5) is 6.70. The van der Waals surface area contributed by atoms with Gasteiger partial charge in [-0.1, -0.05) is 0 Å². The Morgan fingerprint density at radius 3 is 2.87 bits per heavy atom. The number of likely N-dealkylation sites (N-methyl/N-ethyl adjacent to an activating group) is 1. The van der Waals surface area contributed by atoms with Gasteiger partial charge in [0.1, 0.15) is 5.76 Å². The zero-order valence-corrected chi connectivity index (χ0v) is 9.71. The molecule has 1 unspecified atom stereocenters. The zero-order chi connectivity index (χ0) is 10.8. The fourth-order valence-electron chi connectivity index (χ4n) is 1.96. The summed E-state index contributed by atoms with van der Waals surface area (Å²) >= 11 is 0. The monoisotopic (exact) mass is 209 g/mol. The van der Waals surface area contributed by atoms with Crippen LogP contribution in [0.1, 0.15) is 23.8 Å². The summed E-state index contributed by atoms with van der Waals surface area (Å²) in [7, 11) is 2.13. The third kappa shape index (κ3) is 2.38. The Bertz CT molecular complexity index is 309. The molecular weight excluding hydrogens is 190 g/mol. The molecule has 1 N–H and O–H groups in total. The molecule has 0 aliphatic carbocycles. The minimum absolute atomic E-state index is 0.623. The van der Waals surface area contributed by atoms with Crippen LogP contribution < -0.4 is 5.32 Å². The van der Waals surface area contributed by atoms with E-state index in [1.54, 1.807) is 0 Å². The Balaban J connectivity index is 1.95. The van der Waals surface area contributed by atoms with E-state index < -0.39 is 0 Å². The summed E-state index contributed by atoms with van der Waals surface area (Å²) in [6.45, 7) is 6.96. The van der Waals surface area contributed by atoms with Crippen molar-refractivity contribution >= 4 is 0 Å². The van der Waals surface area contributed by atoms with Gasteiger partial charge in [-0.15, -0.1) is 0 Å². The Labute approximate surface area is 90.7 Å². The molecular formula is C11H19N3O. The van der Waals surface area contributed by atoms with Gasteiger partial charge in [-0.25, -0.2) is 4.98 Å². The predicted octanol–water partition coefficient (Wildman–Crippen LogP) is 1.09. The van der Waals surface area contributed by atoms with Crippen LogP contribution in [0.15, 0.2) is 4.42 Å². The van der Waals surface area contributed by atoms with Crippen molar-refractivity contribution in [3.8, 4) is 0 Å². The molecule has 84 valence electrons. The Hall–Kier alpha value is -0.870. The molecule has 1 aromatic rings. The first-order valence-corrected chi connectivity index (χ1v) is 5.50. The van der Waals surface area contributed by atoms with E-state index in [0.29, 0.717) is 6.04 Å². The van der Waals surface area contributed by atoms with Crippen LogP contribution in [-0.4, -0.2) is 36.1 Å². The van der Waals surface area contributed by atoms with E-state index in [9.17, 15) is 0 Å². The third-order valence-electron chi connectivity index (χ3n) is 3.12. The first-order chi connectivity index (χ1) is 7.16. The molecule has 15 heavy (non-hydrogen) atoms. The molecule has 1 aromatic heterocycles. The van der Waals surface area contributed by atoms with Crippen molar-refractivity contribution in [2.45, 2.75) is 32.9 Å². The molecule has 0 radical (unpaired) electrons. The van der Waals surface area contributed by atoms with E-state index in [1.807, 2.05) is 13.8 Å². The first kappa shape index (κ1) is 10.6. The maximum absolute atomic E-state index is 5.57. The largest absolute Gasteiger partial charge is 0.444 e. The van der Waals surface area contributed by atoms with Crippen molar-refractivity contribution in [3.63, 3.8) is 0 Å². The number of rotatable bonds is 3. The molecule has 2 heterocycles. The van der Waals surface area contributed by atoms with Gasteiger partial charge in [0, 0.05) is 12.6 Å². The van der Waals surface area contributed by atoms with Crippen molar-refractivity contribution in [1.82, 2.24) is 15.2 Å². The predicted molar refractivity (Wildman–Crippen MR) is 58.7 cm³/mol. The summed E-state index contributed by atoms with van der Waals surface area (Å²) in [5, 5.41) is 3.36.